The van der Waals surface area contributed by atoms with Crippen molar-refractivity contribution in [3.05, 3.63) is 58.0 Å². The summed E-state index contributed by atoms with van der Waals surface area (Å²) in [5, 5.41) is 12.2. The van der Waals surface area contributed by atoms with E-state index in [1.54, 1.807) is 48.5 Å². The van der Waals surface area contributed by atoms with Crippen molar-refractivity contribution < 1.29 is 14.4 Å². The highest BCUT2D eigenvalue weighted by Crippen LogP contribution is 2.32. The highest BCUT2D eigenvalue weighted by Gasteiger charge is 2.55. The molecular weight excluding hydrogens is 450 g/mol. The van der Waals surface area contributed by atoms with E-state index in [-0.39, 0.29) is 6.54 Å². The number of carbonyl (C=O) groups excluding carboxylic acids is 3. The summed E-state index contributed by atoms with van der Waals surface area (Å²) in [7, 11) is 0. The lowest BCUT2D eigenvalue weighted by Gasteiger charge is -2.20. The molecule has 142 valence electrons. The van der Waals surface area contributed by atoms with E-state index < -0.39 is 29.8 Å². The number of anilines is 2. The summed E-state index contributed by atoms with van der Waals surface area (Å²) in [5.74, 6) is -1.32. The molecule has 0 saturated carbocycles. The predicted octanol–water partition coefficient (Wildman–Crippen LogP) is 3.03. The average Bonchev–Trinajstić information content (AvgIpc) is 3.16. The maximum absolute atomic E-state index is 12.9. The third kappa shape index (κ3) is 3.38. The second-order valence-corrected chi connectivity index (χ2v) is 7.59. The first-order valence-corrected chi connectivity index (χ1v) is 9.47. The van der Waals surface area contributed by atoms with E-state index in [9.17, 15) is 14.4 Å². The van der Waals surface area contributed by atoms with Crippen LogP contribution in [0.1, 0.15) is 0 Å². The maximum atomic E-state index is 12.9. The fourth-order valence-corrected chi connectivity index (χ4v) is 3.57. The highest BCUT2D eigenvalue weighted by molar-refractivity contribution is 9.10. The Hall–Kier alpha value is -2.78. The van der Waals surface area contributed by atoms with Gasteiger partial charge < -0.3 is 5.32 Å². The van der Waals surface area contributed by atoms with Crippen molar-refractivity contribution in [1.29, 1.82) is 0 Å². The molecular formula is C18H13BrClN5O3. The summed E-state index contributed by atoms with van der Waals surface area (Å²) < 4.78 is 0.828. The number of hydrogen-bond donors (Lipinski definition) is 1. The van der Waals surface area contributed by atoms with Crippen LogP contribution in [0, 0.1) is 0 Å². The van der Waals surface area contributed by atoms with E-state index >= 15 is 0 Å². The summed E-state index contributed by atoms with van der Waals surface area (Å²) in [6, 6.07) is 11.6. The molecule has 10 heteroatoms. The minimum absolute atomic E-state index is 0.218. The molecule has 4 rings (SSSR count). The lowest BCUT2D eigenvalue weighted by molar-refractivity contribution is -0.123. The Balaban J connectivity index is 1.48. The normalized spacial score (nSPS) is 20.6. The number of nitrogens with one attached hydrogen (secondary N) is 1. The van der Waals surface area contributed by atoms with Crippen molar-refractivity contribution in [2.24, 2.45) is 10.3 Å². The Morgan fingerprint density at radius 2 is 1.89 bits per heavy atom. The van der Waals surface area contributed by atoms with E-state index in [1.165, 1.54) is 5.01 Å². The third-order valence-electron chi connectivity index (χ3n) is 4.36. The van der Waals surface area contributed by atoms with Gasteiger partial charge >= 0.3 is 0 Å². The molecule has 1 fully saturated rings. The molecule has 0 unspecified atom stereocenters. The Bertz CT molecular complexity index is 997. The molecule has 2 aromatic rings. The second kappa shape index (κ2) is 7.33. The van der Waals surface area contributed by atoms with E-state index in [0.717, 1.165) is 9.37 Å². The van der Waals surface area contributed by atoms with Crippen LogP contribution in [0.2, 0.25) is 5.02 Å². The second-order valence-electron chi connectivity index (χ2n) is 6.24. The zero-order valence-electron chi connectivity index (χ0n) is 14.3. The van der Waals surface area contributed by atoms with Gasteiger partial charge in [0.1, 0.15) is 6.54 Å². The van der Waals surface area contributed by atoms with Crippen molar-refractivity contribution in [2.45, 2.75) is 12.1 Å². The molecule has 0 radical (unpaired) electrons. The Labute approximate surface area is 173 Å². The van der Waals surface area contributed by atoms with Gasteiger partial charge in [-0.1, -0.05) is 38.8 Å². The van der Waals surface area contributed by atoms with Crippen molar-refractivity contribution in [3.63, 3.8) is 0 Å². The first kappa shape index (κ1) is 18.6. The van der Waals surface area contributed by atoms with Gasteiger partial charge in [-0.3, -0.25) is 19.4 Å². The zero-order chi connectivity index (χ0) is 19.8. The van der Waals surface area contributed by atoms with Crippen LogP contribution in [0.25, 0.3) is 0 Å². The molecule has 2 atom stereocenters. The lowest BCUT2D eigenvalue weighted by atomic mass is 10.1. The van der Waals surface area contributed by atoms with Crippen LogP contribution in [-0.2, 0) is 14.4 Å². The monoisotopic (exact) mass is 461 g/mol. The summed E-state index contributed by atoms with van der Waals surface area (Å²) in [6.45, 7) is -0.218. The molecule has 2 heterocycles. The number of amides is 3. The number of hydrogen-bond acceptors (Lipinski definition) is 6. The molecule has 0 bridgehead atoms. The minimum atomic E-state index is -0.949. The summed E-state index contributed by atoms with van der Waals surface area (Å²) in [5.41, 5.74) is 0.974. The van der Waals surface area contributed by atoms with Crippen LogP contribution in [-0.4, -0.2) is 41.4 Å². The topological polar surface area (TPSA) is 94.4 Å². The first-order valence-electron chi connectivity index (χ1n) is 8.30. The molecule has 8 nitrogen and oxygen atoms in total. The van der Waals surface area contributed by atoms with Gasteiger partial charge in [0.15, 0.2) is 12.1 Å². The van der Waals surface area contributed by atoms with Crippen LogP contribution >= 0.6 is 27.5 Å². The lowest BCUT2D eigenvalue weighted by Crippen LogP contribution is -2.43. The van der Waals surface area contributed by atoms with Gasteiger partial charge in [-0.2, -0.15) is 5.11 Å². The van der Waals surface area contributed by atoms with Gasteiger partial charge in [-0.15, -0.1) is 0 Å². The maximum Gasteiger partial charge on any atom is 0.263 e. The van der Waals surface area contributed by atoms with Crippen molar-refractivity contribution in [2.75, 3.05) is 16.8 Å². The molecule has 1 saturated heterocycles. The van der Waals surface area contributed by atoms with Crippen LogP contribution in [0.4, 0.5) is 11.4 Å². The molecule has 0 aromatic heterocycles. The Morgan fingerprint density at radius 3 is 2.61 bits per heavy atom. The largest absolute Gasteiger partial charge is 0.324 e. The number of benzene rings is 2. The fraction of sp³-hybridized carbons (Fsp3) is 0.167. The highest BCUT2D eigenvalue weighted by atomic mass is 79.9. The molecule has 0 aliphatic carbocycles. The Morgan fingerprint density at radius 1 is 1.14 bits per heavy atom. The standard InChI is InChI=1S/C18H13BrClN5O3/c19-10-4-6-13(7-5-10)25-17(27)15-16(18(25)28)24(23-22-15)9-14(26)21-12-3-1-2-11(20)8-12/h1-8,15-16H,9H2,(H,21,26)/t15-,16-/m0/s1. The smallest absolute Gasteiger partial charge is 0.263 e. The van der Waals surface area contributed by atoms with Crippen molar-refractivity contribution in [3.8, 4) is 0 Å². The average molecular weight is 463 g/mol. The summed E-state index contributed by atoms with van der Waals surface area (Å²) in [4.78, 5) is 38.9. The van der Waals surface area contributed by atoms with Gasteiger partial charge in [0, 0.05) is 15.2 Å². The first-order chi connectivity index (χ1) is 13.4. The minimum Gasteiger partial charge on any atom is -0.324 e. The van der Waals surface area contributed by atoms with Gasteiger partial charge in [-0.05, 0) is 42.5 Å². The number of rotatable bonds is 4. The van der Waals surface area contributed by atoms with E-state index in [1.807, 2.05) is 0 Å². The molecule has 0 spiro atoms. The fourth-order valence-electron chi connectivity index (χ4n) is 3.11. The number of nitrogens with zero attached hydrogens (tertiary/aromatic N) is 4. The van der Waals surface area contributed by atoms with Gasteiger partial charge in [0.05, 0.1) is 5.69 Å². The molecule has 28 heavy (non-hydrogen) atoms. The quantitative estimate of drug-likeness (QED) is 0.707. The van der Waals surface area contributed by atoms with E-state index in [4.69, 9.17) is 11.6 Å². The summed E-state index contributed by atoms with van der Waals surface area (Å²) >= 11 is 9.22. The van der Waals surface area contributed by atoms with Crippen molar-refractivity contribution >= 4 is 56.6 Å². The van der Waals surface area contributed by atoms with Crippen LogP contribution < -0.4 is 10.2 Å². The van der Waals surface area contributed by atoms with Gasteiger partial charge in [0.2, 0.25) is 5.91 Å². The third-order valence-corrected chi connectivity index (χ3v) is 5.12. The molecule has 2 aromatic carbocycles. The molecule has 1 N–H and O–H groups in total. The molecule has 3 amide bonds. The van der Waals surface area contributed by atoms with Crippen LogP contribution in [0.15, 0.2) is 63.3 Å². The Kier molecular flexibility index (Phi) is 4.86. The number of carbonyl (C=O) groups is 3. The number of imide groups is 1. The van der Waals surface area contributed by atoms with Gasteiger partial charge in [-0.25, -0.2) is 4.90 Å². The SMILES string of the molecule is O=C(CN1N=N[C@@H]2C(=O)N(c3ccc(Br)cc3)C(=O)[C@H]21)Nc1cccc(Cl)c1. The number of halogens is 2. The van der Waals surface area contributed by atoms with Crippen LogP contribution in [0.5, 0.6) is 0 Å². The van der Waals surface area contributed by atoms with E-state index in [2.05, 4.69) is 31.6 Å². The molecule has 2 aliphatic rings. The summed E-state index contributed by atoms with van der Waals surface area (Å²) in [6.07, 6.45) is 0. The van der Waals surface area contributed by atoms with Gasteiger partial charge in [0.25, 0.3) is 11.8 Å². The molecule has 2 aliphatic heterocycles. The van der Waals surface area contributed by atoms with E-state index in [0.29, 0.717) is 16.4 Å². The predicted molar refractivity (Wildman–Crippen MR) is 106 cm³/mol. The van der Waals surface area contributed by atoms with Crippen molar-refractivity contribution in [1.82, 2.24) is 5.01 Å². The van der Waals surface area contributed by atoms with Crippen LogP contribution in [0.3, 0.4) is 0 Å². The number of fused-ring (bicyclic) bond motifs is 1. The zero-order valence-corrected chi connectivity index (χ0v) is 16.6.